The van der Waals surface area contributed by atoms with Crippen molar-refractivity contribution in [2.75, 3.05) is 20.4 Å². The molecule has 1 aromatic heterocycles. The molecule has 0 bridgehead atoms. The first-order chi connectivity index (χ1) is 12.7. The van der Waals surface area contributed by atoms with Crippen LogP contribution >= 0.6 is 11.6 Å². The Bertz CT molecular complexity index is 784. The normalized spacial score (nSPS) is 10.7. The van der Waals surface area contributed by atoms with Crippen molar-refractivity contribution in [1.82, 2.24) is 9.78 Å². The molecule has 0 aliphatic rings. The van der Waals surface area contributed by atoms with Gasteiger partial charge in [-0.2, -0.15) is 5.10 Å². The molecule has 0 aliphatic heterocycles. The van der Waals surface area contributed by atoms with Crippen LogP contribution in [0.15, 0.2) is 35.3 Å². The SMILES string of the molecule is CC(C)(C)n1ncc(OCc2ccc(C=O)cc2)c(Cl)c1=O.COCCF. The smallest absolute Gasteiger partial charge is 0.289 e. The van der Waals surface area contributed by atoms with E-state index >= 15 is 0 Å². The summed E-state index contributed by atoms with van der Waals surface area (Å²) in [5.74, 6) is 0.242. The van der Waals surface area contributed by atoms with Crippen molar-refractivity contribution in [3.05, 3.63) is 57.0 Å². The number of hydrogen-bond acceptors (Lipinski definition) is 5. The summed E-state index contributed by atoms with van der Waals surface area (Å²) >= 11 is 6.07. The molecular formula is C19H24ClFN2O4. The number of hydrogen-bond donors (Lipinski definition) is 0. The largest absolute Gasteiger partial charge is 0.485 e. The summed E-state index contributed by atoms with van der Waals surface area (Å²) in [4.78, 5) is 22.8. The van der Waals surface area contributed by atoms with Gasteiger partial charge in [-0.15, -0.1) is 0 Å². The molecule has 0 radical (unpaired) electrons. The molecule has 0 N–H and O–H groups in total. The van der Waals surface area contributed by atoms with Crippen LogP contribution in [0.25, 0.3) is 0 Å². The van der Waals surface area contributed by atoms with E-state index < -0.39 is 5.54 Å². The molecule has 0 aliphatic carbocycles. The first kappa shape index (κ1) is 22.8. The summed E-state index contributed by atoms with van der Waals surface area (Å²) in [6.45, 7) is 5.68. The van der Waals surface area contributed by atoms with Crippen LogP contribution in [-0.4, -0.2) is 36.5 Å². The second-order valence-corrected chi connectivity index (χ2v) is 6.92. The van der Waals surface area contributed by atoms with Gasteiger partial charge >= 0.3 is 0 Å². The van der Waals surface area contributed by atoms with Crippen molar-refractivity contribution >= 4 is 17.9 Å². The first-order valence-electron chi connectivity index (χ1n) is 8.24. The number of benzene rings is 1. The molecule has 8 heteroatoms. The number of nitrogens with zero attached hydrogens (tertiary/aromatic N) is 2. The second kappa shape index (κ2) is 10.8. The minimum atomic E-state index is -0.454. The Balaban J connectivity index is 0.000000646. The van der Waals surface area contributed by atoms with Crippen molar-refractivity contribution in [3.63, 3.8) is 0 Å². The van der Waals surface area contributed by atoms with Crippen molar-refractivity contribution in [1.29, 1.82) is 0 Å². The highest BCUT2D eigenvalue weighted by Crippen LogP contribution is 2.21. The zero-order chi connectivity index (χ0) is 20.4. The van der Waals surface area contributed by atoms with Gasteiger partial charge in [-0.05, 0) is 26.3 Å². The highest BCUT2D eigenvalue weighted by Gasteiger charge is 2.19. The van der Waals surface area contributed by atoms with Gasteiger partial charge in [-0.25, -0.2) is 9.07 Å². The van der Waals surface area contributed by atoms with Crippen LogP contribution in [0.2, 0.25) is 5.02 Å². The zero-order valence-corrected chi connectivity index (χ0v) is 16.6. The molecule has 0 atom stereocenters. The van der Waals surface area contributed by atoms with E-state index in [0.717, 1.165) is 11.8 Å². The van der Waals surface area contributed by atoms with Crippen molar-refractivity contribution < 1.29 is 18.7 Å². The Labute approximate surface area is 162 Å². The summed E-state index contributed by atoms with van der Waals surface area (Å²) in [5.41, 5.74) is 0.616. The second-order valence-electron chi connectivity index (χ2n) is 6.54. The lowest BCUT2D eigenvalue weighted by Gasteiger charge is -2.21. The molecule has 27 heavy (non-hydrogen) atoms. The third-order valence-electron chi connectivity index (χ3n) is 3.31. The van der Waals surface area contributed by atoms with Crippen molar-refractivity contribution in [2.24, 2.45) is 0 Å². The fourth-order valence-corrected chi connectivity index (χ4v) is 2.11. The maximum atomic E-state index is 12.2. The molecule has 1 aromatic carbocycles. The minimum Gasteiger partial charge on any atom is -0.485 e. The van der Waals surface area contributed by atoms with Gasteiger partial charge in [0.25, 0.3) is 5.56 Å². The number of ether oxygens (including phenoxy) is 2. The molecule has 2 rings (SSSR count). The van der Waals surface area contributed by atoms with Gasteiger partial charge in [-0.1, -0.05) is 35.9 Å². The molecule has 2 aromatic rings. The molecule has 0 saturated carbocycles. The van der Waals surface area contributed by atoms with E-state index in [2.05, 4.69) is 9.84 Å². The van der Waals surface area contributed by atoms with Crippen LogP contribution in [0.3, 0.4) is 0 Å². The van der Waals surface area contributed by atoms with E-state index in [0.29, 0.717) is 5.56 Å². The van der Waals surface area contributed by atoms with Crippen LogP contribution in [0, 0.1) is 0 Å². The molecule has 0 fully saturated rings. The van der Waals surface area contributed by atoms with Crippen LogP contribution in [0.5, 0.6) is 5.75 Å². The van der Waals surface area contributed by atoms with Crippen LogP contribution < -0.4 is 10.3 Å². The Morgan fingerprint density at radius 3 is 2.33 bits per heavy atom. The molecule has 0 unspecified atom stereocenters. The van der Waals surface area contributed by atoms with E-state index in [1.54, 1.807) is 24.3 Å². The lowest BCUT2D eigenvalue weighted by atomic mass is 10.1. The van der Waals surface area contributed by atoms with E-state index in [9.17, 15) is 14.0 Å². The van der Waals surface area contributed by atoms with Gasteiger partial charge in [0.1, 0.15) is 19.6 Å². The maximum absolute atomic E-state index is 12.2. The third-order valence-corrected chi connectivity index (χ3v) is 3.66. The average Bonchev–Trinajstić information content (AvgIpc) is 2.63. The van der Waals surface area contributed by atoms with Crippen LogP contribution in [-0.2, 0) is 16.9 Å². The monoisotopic (exact) mass is 398 g/mol. The summed E-state index contributed by atoms with van der Waals surface area (Å²) in [5, 5.41) is 4.11. The van der Waals surface area contributed by atoms with Gasteiger partial charge in [0.2, 0.25) is 0 Å². The van der Waals surface area contributed by atoms with Gasteiger partial charge < -0.3 is 9.47 Å². The molecule has 148 valence electrons. The number of aromatic nitrogens is 2. The van der Waals surface area contributed by atoms with Gasteiger partial charge in [0.05, 0.1) is 18.3 Å². The number of halogens is 2. The summed E-state index contributed by atoms with van der Waals surface area (Å²) in [7, 11) is 1.47. The predicted molar refractivity (Wildman–Crippen MR) is 103 cm³/mol. The standard InChI is InChI=1S/C16H17ClN2O3.C3H7FO/c1-16(2,3)19-15(21)14(17)13(8-18-19)22-10-12-6-4-11(9-20)5-7-12;1-5-3-2-4/h4-9H,10H2,1-3H3;2-3H2,1H3. The van der Waals surface area contributed by atoms with Gasteiger partial charge in [-0.3, -0.25) is 9.59 Å². The molecule has 0 spiro atoms. The number of alkyl halides is 1. The summed E-state index contributed by atoms with van der Waals surface area (Å²) in [6, 6.07) is 6.95. The van der Waals surface area contributed by atoms with Crippen LogP contribution in [0.1, 0.15) is 36.7 Å². The zero-order valence-electron chi connectivity index (χ0n) is 15.9. The highest BCUT2D eigenvalue weighted by molar-refractivity contribution is 6.31. The topological polar surface area (TPSA) is 70.4 Å². The van der Waals surface area contributed by atoms with Crippen LogP contribution in [0.4, 0.5) is 4.39 Å². The third kappa shape index (κ3) is 7.11. The number of rotatable bonds is 6. The van der Waals surface area contributed by atoms with Gasteiger partial charge in [0, 0.05) is 12.7 Å². The van der Waals surface area contributed by atoms with E-state index in [4.69, 9.17) is 16.3 Å². The summed E-state index contributed by atoms with van der Waals surface area (Å²) in [6.07, 6.45) is 2.21. The molecular weight excluding hydrogens is 375 g/mol. The van der Waals surface area contributed by atoms with E-state index in [-0.39, 0.29) is 36.2 Å². The average molecular weight is 399 g/mol. The van der Waals surface area contributed by atoms with Gasteiger partial charge in [0.15, 0.2) is 10.8 Å². The molecule has 0 amide bonds. The van der Waals surface area contributed by atoms with E-state index in [1.807, 2.05) is 20.8 Å². The predicted octanol–water partition coefficient (Wildman–Crippen LogP) is 3.65. The fraction of sp³-hybridized carbons (Fsp3) is 0.421. The Morgan fingerprint density at radius 1 is 1.26 bits per heavy atom. The number of aldehydes is 1. The van der Waals surface area contributed by atoms with E-state index in [1.165, 1.54) is 18.0 Å². The molecule has 6 nitrogen and oxygen atoms in total. The molecule has 1 heterocycles. The minimum absolute atomic E-state index is 0.00874. The maximum Gasteiger partial charge on any atom is 0.289 e. The number of methoxy groups -OCH3 is 1. The van der Waals surface area contributed by atoms with Crippen molar-refractivity contribution in [3.8, 4) is 5.75 Å². The highest BCUT2D eigenvalue weighted by atomic mass is 35.5. The Kier molecular flexibility index (Phi) is 9.11. The fourth-order valence-electron chi connectivity index (χ4n) is 1.93. The Morgan fingerprint density at radius 2 is 1.89 bits per heavy atom. The first-order valence-corrected chi connectivity index (χ1v) is 8.62. The lowest BCUT2D eigenvalue weighted by Crippen LogP contribution is -2.36. The summed E-state index contributed by atoms with van der Waals surface area (Å²) < 4.78 is 22.1. The lowest BCUT2D eigenvalue weighted by molar-refractivity contribution is 0.112. The number of carbonyl (C=O) groups is 1. The Hall–Kier alpha value is -2.25. The molecule has 0 saturated heterocycles. The quantitative estimate of drug-likeness (QED) is 0.694. The van der Waals surface area contributed by atoms with Crippen molar-refractivity contribution in [2.45, 2.75) is 32.9 Å². The number of carbonyl (C=O) groups excluding carboxylic acids is 1.